The average molecular weight is 465 g/mol. The number of rotatable bonds is 26. The molecule has 0 heterocycles. The number of ether oxygens (including phenoxy) is 3. The van der Waals surface area contributed by atoms with E-state index in [2.05, 4.69) is 0 Å². The number of hydrogen-bond donors (Lipinski definition) is 0. The van der Waals surface area contributed by atoms with Crippen LogP contribution < -0.4 is 0 Å². The molecule has 0 aromatic rings. The molecule has 0 bridgehead atoms. The van der Waals surface area contributed by atoms with E-state index in [4.69, 9.17) is 27.5 Å². The van der Waals surface area contributed by atoms with Crippen LogP contribution in [0.25, 0.3) is 0 Å². The molecule has 0 aliphatic rings. The third kappa shape index (κ3) is 20.3. The lowest BCUT2D eigenvalue weighted by atomic mass is 10.1. The number of unbranched alkanes of at least 4 members (excludes halogenated alkanes) is 8. The van der Waals surface area contributed by atoms with Crippen molar-refractivity contribution < 1.29 is 27.5 Å². The van der Waals surface area contributed by atoms with Crippen molar-refractivity contribution in [2.45, 2.75) is 97.9 Å². The fourth-order valence-electron chi connectivity index (χ4n) is 3.51. The highest BCUT2D eigenvalue weighted by atomic mass is 28.4. The third-order valence-corrected chi connectivity index (χ3v) is 8.17. The second-order valence-electron chi connectivity index (χ2n) is 7.69. The van der Waals surface area contributed by atoms with Crippen LogP contribution in [0.3, 0.4) is 0 Å². The van der Waals surface area contributed by atoms with Crippen LogP contribution in [0.5, 0.6) is 0 Å². The van der Waals surface area contributed by atoms with Gasteiger partial charge in [0.05, 0.1) is 13.2 Å². The van der Waals surface area contributed by atoms with Gasteiger partial charge in [0.25, 0.3) is 0 Å². The monoisotopic (exact) mass is 464 g/mol. The maximum absolute atomic E-state index is 5.92. The molecule has 0 spiro atoms. The molecule has 0 N–H and O–H groups in total. The van der Waals surface area contributed by atoms with Gasteiger partial charge in [-0.2, -0.15) is 0 Å². The van der Waals surface area contributed by atoms with Crippen LogP contribution in [0.1, 0.15) is 91.9 Å². The van der Waals surface area contributed by atoms with Crippen LogP contribution in [0, 0.1) is 0 Å². The molecule has 6 nitrogen and oxygen atoms in total. The lowest BCUT2D eigenvalue weighted by molar-refractivity contribution is 0.0389. The first-order valence-electron chi connectivity index (χ1n) is 12.9. The summed E-state index contributed by atoms with van der Waals surface area (Å²) in [7, 11) is -2.43. The summed E-state index contributed by atoms with van der Waals surface area (Å²) < 4.78 is 34.1. The lowest BCUT2D eigenvalue weighted by Crippen LogP contribution is -2.45. The van der Waals surface area contributed by atoms with Crippen LogP contribution in [0.15, 0.2) is 0 Å². The molecule has 0 amide bonds. The first-order chi connectivity index (χ1) is 15.2. The summed E-state index contributed by atoms with van der Waals surface area (Å²) in [6.07, 6.45) is 12.4. The topological polar surface area (TPSA) is 55.4 Å². The molecular weight excluding hydrogens is 412 g/mol. The quantitative estimate of drug-likeness (QED) is 0.115. The average Bonchev–Trinajstić information content (AvgIpc) is 2.76. The summed E-state index contributed by atoms with van der Waals surface area (Å²) in [6, 6.07) is 0.946. The Balaban J connectivity index is 3.39. The minimum atomic E-state index is -2.43. The van der Waals surface area contributed by atoms with Gasteiger partial charge in [-0.3, -0.25) is 0 Å². The van der Waals surface area contributed by atoms with Crippen molar-refractivity contribution in [3.63, 3.8) is 0 Å². The summed E-state index contributed by atoms with van der Waals surface area (Å²) >= 11 is 0. The van der Waals surface area contributed by atoms with Gasteiger partial charge < -0.3 is 27.5 Å². The molecule has 7 heteroatoms. The van der Waals surface area contributed by atoms with Gasteiger partial charge in [0.1, 0.15) is 0 Å². The van der Waals surface area contributed by atoms with E-state index in [1.54, 1.807) is 0 Å². The predicted molar refractivity (Wildman–Crippen MR) is 130 cm³/mol. The molecule has 0 atom stereocenters. The van der Waals surface area contributed by atoms with Crippen LogP contribution >= 0.6 is 0 Å². The van der Waals surface area contributed by atoms with Crippen molar-refractivity contribution in [1.82, 2.24) is 0 Å². The van der Waals surface area contributed by atoms with E-state index < -0.39 is 8.80 Å². The molecule has 0 saturated carbocycles. The van der Waals surface area contributed by atoms with E-state index in [1.807, 2.05) is 27.7 Å². The Kier molecular flexibility index (Phi) is 24.6. The molecule has 0 aromatic heterocycles. The Hall–Kier alpha value is -0.0231. The highest BCUT2D eigenvalue weighted by molar-refractivity contribution is 6.60. The second kappa shape index (κ2) is 24.6. The van der Waals surface area contributed by atoms with E-state index in [9.17, 15) is 0 Å². The Labute approximate surface area is 194 Å². The van der Waals surface area contributed by atoms with Gasteiger partial charge in [0.2, 0.25) is 0 Å². The van der Waals surface area contributed by atoms with Gasteiger partial charge in [0.15, 0.2) is 0 Å². The van der Waals surface area contributed by atoms with Gasteiger partial charge >= 0.3 is 8.80 Å². The normalized spacial score (nSPS) is 12.0. The van der Waals surface area contributed by atoms with Crippen molar-refractivity contribution in [2.24, 2.45) is 0 Å². The smallest absolute Gasteiger partial charge is 0.381 e. The van der Waals surface area contributed by atoms with Gasteiger partial charge in [-0.25, -0.2) is 0 Å². The van der Waals surface area contributed by atoms with Crippen LogP contribution in [-0.4, -0.2) is 68.3 Å². The SMILES string of the molecule is CCOCCOCCCOCCCCCCCCCCC[Si](OCC)(OCC)OCC. The van der Waals surface area contributed by atoms with Gasteiger partial charge in [-0.05, 0) is 47.0 Å². The first kappa shape index (κ1) is 31.0. The predicted octanol–water partition coefficient (Wildman–Crippen LogP) is 6.01. The molecule has 0 fully saturated rings. The largest absolute Gasteiger partial charge is 0.500 e. The fourth-order valence-corrected chi connectivity index (χ4v) is 6.20. The third-order valence-electron chi connectivity index (χ3n) is 5.02. The van der Waals surface area contributed by atoms with E-state index >= 15 is 0 Å². The van der Waals surface area contributed by atoms with Crippen LogP contribution in [0.4, 0.5) is 0 Å². The van der Waals surface area contributed by atoms with E-state index in [0.717, 1.165) is 45.3 Å². The Bertz CT molecular complexity index is 329. The highest BCUT2D eigenvalue weighted by Gasteiger charge is 2.39. The van der Waals surface area contributed by atoms with Crippen molar-refractivity contribution >= 4 is 8.80 Å². The van der Waals surface area contributed by atoms with Crippen molar-refractivity contribution in [2.75, 3.05) is 59.5 Å². The van der Waals surface area contributed by atoms with Crippen molar-refractivity contribution in [3.8, 4) is 0 Å². The van der Waals surface area contributed by atoms with Crippen molar-refractivity contribution in [1.29, 1.82) is 0 Å². The summed E-state index contributed by atoms with van der Waals surface area (Å²) in [5, 5.41) is 0. The Morgan fingerprint density at radius 1 is 0.387 bits per heavy atom. The molecule has 31 heavy (non-hydrogen) atoms. The van der Waals surface area contributed by atoms with E-state index in [-0.39, 0.29) is 0 Å². The molecule has 0 radical (unpaired) electrons. The van der Waals surface area contributed by atoms with E-state index in [1.165, 1.54) is 51.4 Å². The second-order valence-corrected chi connectivity index (χ2v) is 10.4. The fraction of sp³-hybridized carbons (Fsp3) is 1.00. The minimum absolute atomic E-state index is 0.667. The summed E-state index contributed by atoms with van der Waals surface area (Å²) in [4.78, 5) is 0. The summed E-state index contributed by atoms with van der Waals surface area (Å²) in [6.45, 7) is 14.6. The van der Waals surface area contributed by atoms with Crippen LogP contribution in [-0.2, 0) is 27.5 Å². The zero-order valence-corrected chi connectivity index (χ0v) is 22.1. The molecular formula is C24H52O6Si. The molecule has 188 valence electrons. The Morgan fingerprint density at radius 3 is 1.32 bits per heavy atom. The van der Waals surface area contributed by atoms with Crippen molar-refractivity contribution in [3.05, 3.63) is 0 Å². The first-order valence-corrected chi connectivity index (χ1v) is 14.8. The maximum atomic E-state index is 5.92. The highest BCUT2D eigenvalue weighted by Crippen LogP contribution is 2.21. The maximum Gasteiger partial charge on any atom is 0.500 e. The Morgan fingerprint density at radius 2 is 0.806 bits per heavy atom. The van der Waals surface area contributed by atoms with Crippen LogP contribution in [0.2, 0.25) is 6.04 Å². The zero-order chi connectivity index (χ0) is 22.9. The lowest BCUT2D eigenvalue weighted by Gasteiger charge is -2.28. The zero-order valence-electron chi connectivity index (χ0n) is 21.1. The number of hydrogen-bond acceptors (Lipinski definition) is 6. The van der Waals surface area contributed by atoms with Gasteiger partial charge in [-0.1, -0.05) is 44.9 Å². The molecule has 0 aromatic carbocycles. The van der Waals surface area contributed by atoms with Gasteiger partial charge in [-0.15, -0.1) is 0 Å². The molecule has 0 aliphatic heterocycles. The summed E-state index contributed by atoms with van der Waals surface area (Å²) in [5.41, 5.74) is 0. The van der Waals surface area contributed by atoms with Gasteiger partial charge in [0, 0.05) is 52.3 Å². The molecule has 0 saturated heterocycles. The summed E-state index contributed by atoms with van der Waals surface area (Å²) in [5.74, 6) is 0. The standard InChI is InChI=1S/C24H52O6Si/c1-5-25-22-23-27-21-18-20-26-19-16-14-12-10-9-11-13-15-17-24-31(28-6-2,29-7-3)30-8-4/h5-24H2,1-4H3. The van der Waals surface area contributed by atoms with E-state index in [0.29, 0.717) is 33.0 Å². The molecule has 0 unspecified atom stereocenters. The minimum Gasteiger partial charge on any atom is -0.381 e. The molecule has 0 aliphatic carbocycles. The molecule has 0 rings (SSSR count).